The number of aryl methyl sites for hydroxylation is 1. The average Bonchev–Trinajstić information content (AvgIpc) is 3.13. The number of ether oxygens (including phenoxy) is 1. The van der Waals surface area contributed by atoms with Gasteiger partial charge in [0.15, 0.2) is 5.03 Å². The molecule has 3 heterocycles. The zero-order chi connectivity index (χ0) is 18.6. The van der Waals surface area contributed by atoms with Gasteiger partial charge in [0, 0.05) is 57.4 Å². The SMILES string of the molecule is Cn1nc(C2CC2)cc1S(=O)(=O)N1CC2CC(NC3CCOCC3)CC2C1. The lowest BCUT2D eigenvalue weighted by Gasteiger charge is -2.27. The topological polar surface area (TPSA) is 76.5 Å². The van der Waals surface area contributed by atoms with E-state index in [1.54, 1.807) is 22.1 Å². The van der Waals surface area contributed by atoms with E-state index in [1.165, 1.54) is 0 Å². The average molecular weight is 395 g/mol. The normalized spacial score (nSPS) is 32.9. The van der Waals surface area contributed by atoms with Crippen LogP contribution in [0.1, 0.15) is 50.1 Å². The maximum Gasteiger partial charge on any atom is 0.260 e. The molecule has 4 fully saturated rings. The Bertz CT molecular complexity index is 784. The summed E-state index contributed by atoms with van der Waals surface area (Å²) in [7, 11) is -1.69. The molecule has 27 heavy (non-hydrogen) atoms. The highest BCUT2D eigenvalue weighted by atomic mass is 32.2. The van der Waals surface area contributed by atoms with Gasteiger partial charge in [-0.2, -0.15) is 9.40 Å². The highest BCUT2D eigenvalue weighted by Gasteiger charge is 2.46. The van der Waals surface area contributed by atoms with Crippen molar-refractivity contribution in [2.24, 2.45) is 18.9 Å². The third-order valence-corrected chi connectivity index (χ3v) is 8.75. The number of nitrogens with zero attached hydrogens (tertiary/aromatic N) is 3. The minimum Gasteiger partial charge on any atom is -0.381 e. The molecule has 1 aromatic heterocycles. The third kappa shape index (κ3) is 3.45. The first-order chi connectivity index (χ1) is 13.0. The Kier molecular flexibility index (Phi) is 4.57. The van der Waals surface area contributed by atoms with Crippen LogP contribution in [0.2, 0.25) is 0 Å². The summed E-state index contributed by atoms with van der Waals surface area (Å²) < 4.78 is 35.1. The summed E-state index contributed by atoms with van der Waals surface area (Å²) in [6, 6.07) is 2.90. The third-order valence-electron chi connectivity index (χ3n) is 6.87. The Balaban J connectivity index is 1.23. The van der Waals surface area contributed by atoms with Gasteiger partial charge in [-0.25, -0.2) is 8.42 Å². The van der Waals surface area contributed by atoms with E-state index < -0.39 is 10.0 Å². The molecule has 0 radical (unpaired) electrons. The van der Waals surface area contributed by atoms with E-state index in [0.29, 0.717) is 48.0 Å². The zero-order valence-electron chi connectivity index (χ0n) is 16.0. The molecule has 1 N–H and O–H groups in total. The molecule has 4 aliphatic rings. The van der Waals surface area contributed by atoms with Gasteiger partial charge in [0.2, 0.25) is 0 Å². The first-order valence-corrected chi connectivity index (χ1v) is 11.8. The van der Waals surface area contributed by atoms with Crippen molar-refractivity contribution in [3.8, 4) is 0 Å². The lowest BCUT2D eigenvalue weighted by atomic mass is 10.0. The van der Waals surface area contributed by atoms with Crippen LogP contribution in [0.15, 0.2) is 11.1 Å². The van der Waals surface area contributed by atoms with Crippen LogP contribution in [0, 0.1) is 11.8 Å². The maximum absolute atomic E-state index is 13.2. The Labute approximate surface area is 161 Å². The number of fused-ring (bicyclic) bond motifs is 1. The Hall–Kier alpha value is -0.960. The van der Waals surface area contributed by atoms with Crippen LogP contribution < -0.4 is 5.32 Å². The van der Waals surface area contributed by atoms with E-state index >= 15 is 0 Å². The van der Waals surface area contributed by atoms with Crippen molar-refractivity contribution in [1.29, 1.82) is 0 Å². The van der Waals surface area contributed by atoms with Gasteiger partial charge >= 0.3 is 0 Å². The van der Waals surface area contributed by atoms with Gasteiger partial charge in [0.1, 0.15) is 0 Å². The number of hydrogen-bond donors (Lipinski definition) is 1. The minimum atomic E-state index is -3.44. The molecule has 150 valence electrons. The van der Waals surface area contributed by atoms with Crippen molar-refractivity contribution in [2.45, 2.75) is 61.6 Å². The minimum absolute atomic E-state index is 0.362. The smallest absolute Gasteiger partial charge is 0.260 e. The van der Waals surface area contributed by atoms with E-state index in [1.807, 2.05) is 0 Å². The number of rotatable bonds is 5. The molecule has 7 nitrogen and oxygen atoms in total. The molecular formula is C19H30N4O3S. The summed E-state index contributed by atoms with van der Waals surface area (Å²) in [6.45, 7) is 3.03. The van der Waals surface area contributed by atoms with Crippen LogP contribution in [0.3, 0.4) is 0 Å². The molecule has 2 unspecified atom stereocenters. The fourth-order valence-electron chi connectivity index (χ4n) is 5.21. The standard InChI is InChI=1S/C19H30N4O3S/c1-22-19(10-18(21-22)13-2-3-13)27(24,25)23-11-14-8-17(9-15(14)12-23)20-16-4-6-26-7-5-16/h10,13-17,20H,2-9,11-12H2,1H3. The molecule has 5 rings (SSSR count). The number of aromatic nitrogens is 2. The van der Waals surface area contributed by atoms with Crippen LogP contribution in [0.25, 0.3) is 0 Å². The second kappa shape index (κ2) is 6.83. The summed E-state index contributed by atoms with van der Waals surface area (Å²) >= 11 is 0. The van der Waals surface area contributed by atoms with Gasteiger partial charge in [-0.3, -0.25) is 4.68 Å². The second-order valence-corrected chi connectivity index (χ2v) is 10.8. The van der Waals surface area contributed by atoms with Crippen molar-refractivity contribution in [3.05, 3.63) is 11.8 Å². The van der Waals surface area contributed by atoms with Crippen LogP contribution in [0.5, 0.6) is 0 Å². The first kappa shape index (κ1) is 18.1. The van der Waals surface area contributed by atoms with Gasteiger partial charge in [0.05, 0.1) is 5.69 Å². The molecule has 0 aromatic carbocycles. The molecule has 0 amide bonds. The molecule has 1 aromatic rings. The van der Waals surface area contributed by atoms with Crippen LogP contribution in [0.4, 0.5) is 0 Å². The van der Waals surface area contributed by atoms with E-state index in [-0.39, 0.29) is 0 Å². The van der Waals surface area contributed by atoms with Crippen molar-refractivity contribution in [1.82, 2.24) is 19.4 Å². The summed E-state index contributed by atoms with van der Waals surface area (Å²) in [5, 5.41) is 8.61. The Morgan fingerprint density at radius 1 is 1.07 bits per heavy atom. The van der Waals surface area contributed by atoms with Crippen LogP contribution >= 0.6 is 0 Å². The molecule has 2 atom stereocenters. The molecule has 0 spiro atoms. The van der Waals surface area contributed by atoms with E-state index in [2.05, 4.69) is 10.4 Å². The number of sulfonamides is 1. The zero-order valence-corrected chi connectivity index (χ0v) is 16.8. The van der Waals surface area contributed by atoms with Gasteiger partial charge in [0.25, 0.3) is 10.0 Å². The highest BCUT2D eigenvalue weighted by molar-refractivity contribution is 7.89. The predicted molar refractivity (Wildman–Crippen MR) is 101 cm³/mol. The van der Waals surface area contributed by atoms with Gasteiger partial charge in [-0.05, 0) is 50.4 Å². The Morgan fingerprint density at radius 2 is 1.74 bits per heavy atom. The molecule has 2 aliphatic carbocycles. The first-order valence-electron chi connectivity index (χ1n) is 10.4. The Morgan fingerprint density at radius 3 is 2.37 bits per heavy atom. The molecule has 2 saturated carbocycles. The van der Waals surface area contributed by atoms with Crippen molar-refractivity contribution in [2.75, 3.05) is 26.3 Å². The molecular weight excluding hydrogens is 364 g/mol. The summed E-state index contributed by atoms with van der Waals surface area (Å²) in [6.07, 6.45) is 6.63. The molecule has 2 saturated heterocycles. The van der Waals surface area contributed by atoms with Gasteiger partial charge < -0.3 is 10.1 Å². The maximum atomic E-state index is 13.2. The van der Waals surface area contributed by atoms with Crippen molar-refractivity contribution in [3.63, 3.8) is 0 Å². The summed E-state index contributed by atoms with van der Waals surface area (Å²) in [5.74, 6) is 1.43. The predicted octanol–water partition coefficient (Wildman–Crippen LogP) is 1.47. The monoisotopic (exact) mass is 394 g/mol. The summed E-state index contributed by atoms with van der Waals surface area (Å²) in [4.78, 5) is 0. The molecule has 2 aliphatic heterocycles. The molecule has 0 bridgehead atoms. The summed E-state index contributed by atoms with van der Waals surface area (Å²) in [5.41, 5.74) is 0.941. The lowest BCUT2D eigenvalue weighted by Crippen LogP contribution is -2.41. The number of nitrogens with one attached hydrogen (secondary N) is 1. The largest absolute Gasteiger partial charge is 0.381 e. The second-order valence-electron chi connectivity index (χ2n) is 8.87. The van der Waals surface area contributed by atoms with E-state index in [0.717, 1.165) is 57.4 Å². The number of hydrogen-bond acceptors (Lipinski definition) is 5. The van der Waals surface area contributed by atoms with Gasteiger partial charge in [-0.15, -0.1) is 0 Å². The highest BCUT2D eigenvalue weighted by Crippen LogP contribution is 2.42. The fourth-order valence-corrected chi connectivity index (χ4v) is 6.89. The molecule has 8 heteroatoms. The van der Waals surface area contributed by atoms with Crippen molar-refractivity contribution >= 4 is 10.0 Å². The van der Waals surface area contributed by atoms with E-state index in [9.17, 15) is 8.42 Å². The lowest BCUT2D eigenvalue weighted by molar-refractivity contribution is 0.0747. The quantitative estimate of drug-likeness (QED) is 0.818. The van der Waals surface area contributed by atoms with Gasteiger partial charge in [-0.1, -0.05) is 0 Å². The van der Waals surface area contributed by atoms with Crippen molar-refractivity contribution < 1.29 is 13.2 Å². The van der Waals surface area contributed by atoms with Crippen LogP contribution in [-0.4, -0.2) is 60.9 Å². The fraction of sp³-hybridized carbons (Fsp3) is 0.842. The van der Waals surface area contributed by atoms with E-state index in [4.69, 9.17) is 4.74 Å². The van der Waals surface area contributed by atoms with Crippen LogP contribution in [-0.2, 0) is 21.8 Å².